The number of pyridine rings is 1. The third-order valence-electron chi connectivity index (χ3n) is 3.38. The zero-order chi connectivity index (χ0) is 12.4. The van der Waals surface area contributed by atoms with Gasteiger partial charge in [-0.2, -0.15) is 0 Å². The van der Waals surface area contributed by atoms with Crippen molar-refractivity contribution in [2.75, 3.05) is 18.0 Å². The highest BCUT2D eigenvalue weighted by Gasteiger charge is 2.23. The number of nitrogens with one attached hydrogen (secondary N) is 1. The van der Waals surface area contributed by atoms with Crippen molar-refractivity contribution in [3.63, 3.8) is 0 Å². The van der Waals surface area contributed by atoms with Crippen molar-refractivity contribution in [3.05, 3.63) is 41.2 Å². The van der Waals surface area contributed by atoms with Crippen LogP contribution in [0.4, 0.5) is 5.69 Å². The molecule has 0 bridgehead atoms. The van der Waals surface area contributed by atoms with Crippen LogP contribution in [0.2, 0.25) is 0 Å². The highest BCUT2D eigenvalue weighted by Crippen LogP contribution is 2.28. The Balaban J connectivity index is 1.78. The number of anilines is 1. The van der Waals surface area contributed by atoms with Gasteiger partial charge in [-0.25, -0.2) is 4.98 Å². The van der Waals surface area contributed by atoms with Crippen molar-refractivity contribution in [2.24, 2.45) is 0 Å². The number of piperidine rings is 1. The first-order chi connectivity index (χ1) is 8.83. The number of nitrogens with zero attached hydrogens (tertiary/aromatic N) is 3. The number of imidazole rings is 1. The molecule has 0 saturated carbocycles. The molecule has 18 heavy (non-hydrogen) atoms. The van der Waals surface area contributed by atoms with Crippen LogP contribution in [-0.4, -0.2) is 28.0 Å². The quantitative estimate of drug-likeness (QED) is 0.928. The standard InChI is InChI=1S/C13H15BrN4/c14-11-6-12(8-15-7-11)18-5-1-2-10(9-18)13-16-3-4-17-13/h3-4,6-8,10H,1-2,5,9H2,(H,16,17). The Hall–Kier alpha value is -1.36. The molecule has 2 aromatic rings. The lowest BCUT2D eigenvalue weighted by atomic mass is 9.97. The number of H-pyrrole nitrogens is 1. The largest absolute Gasteiger partial charge is 0.370 e. The van der Waals surface area contributed by atoms with Gasteiger partial charge in [0.15, 0.2) is 0 Å². The number of aromatic nitrogens is 3. The summed E-state index contributed by atoms with van der Waals surface area (Å²) in [6.45, 7) is 2.10. The summed E-state index contributed by atoms with van der Waals surface area (Å²) in [5.74, 6) is 1.59. The van der Waals surface area contributed by atoms with Crippen LogP contribution in [0.1, 0.15) is 24.6 Å². The summed E-state index contributed by atoms with van der Waals surface area (Å²) in [6.07, 6.45) is 9.86. The lowest BCUT2D eigenvalue weighted by molar-refractivity contribution is 0.494. The Morgan fingerprint density at radius 1 is 1.39 bits per heavy atom. The highest BCUT2D eigenvalue weighted by molar-refractivity contribution is 9.10. The van der Waals surface area contributed by atoms with Gasteiger partial charge in [0.25, 0.3) is 0 Å². The SMILES string of the molecule is Brc1cncc(N2CCCC(c3ncc[nH]3)C2)c1. The smallest absolute Gasteiger partial charge is 0.110 e. The van der Waals surface area contributed by atoms with Crippen molar-refractivity contribution in [2.45, 2.75) is 18.8 Å². The number of aromatic amines is 1. The monoisotopic (exact) mass is 306 g/mol. The molecule has 1 N–H and O–H groups in total. The van der Waals surface area contributed by atoms with Crippen molar-refractivity contribution >= 4 is 21.6 Å². The maximum atomic E-state index is 4.38. The summed E-state index contributed by atoms with van der Waals surface area (Å²) in [5, 5.41) is 0. The molecular weight excluding hydrogens is 292 g/mol. The molecule has 1 atom stereocenters. The molecule has 5 heteroatoms. The van der Waals surface area contributed by atoms with E-state index in [0.717, 1.165) is 23.4 Å². The molecule has 4 nitrogen and oxygen atoms in total. The van der Waals surface area contributed by atoms with Crippen LogP contribution in [0, 0.1) is 0 Å². The third-order valence-corrected chi connectivity index (χ3v) is 3.82. The van der Waals surface area contributed by atoms with E-state index in [4.69, 9.17) is 0 Å². The third kappa shape index (κ3) is 2.41. The summed E-state index contributed by atoms with van der Waals surface area (Å²) >= 11 is 3.47. The maximum Gasteiger partial charge on any atom is 0.110 e. The fourth-order valence-electron chi connectivity index (χ4n) is 2.51. The predicted octanol–water partition coefficient (Wildman–Crippen LogP) is 2.95. The van der Waals surface area contributed by atoms with Gasteiger partial charge in [0, 0.05) is 42.1 Å². The normalized spacial score (nSPS) is 20.1. The van der Waals surface area contributed by atoms with Crippen LogP contribution >= 0.6 is 15.9 Å². The molecule has 3 rings (SSSR count). The van der Waals surface area contributed by atoms with Gasteiger partial charge in [-0.15, -0.1) is 0 Å². The van der Waals surface area contributed by atoms with Crippen LogP contribution in [0.15, 0.2) is 35.3 Å². The molecule has 1 fully saturated rings. The minimum Gasteiger partial charge on any atom is -0.370 e. The molecule has 3 heterocycles. The molecule has 0 aliphatic carbocycles. The zero-order valence-electron chi connectivity index (χ0n) is 10.0. The number of hydrogen-bond acceptors (Lipinski definition) is 3. The molecule has 0 spiro atoms. The average Bonchev–Trinajstić information content (AvgIpc) is 2.93. The van der Waals surface area contributed by atoms with Gasteiger partial charge in [-0.3, -0.25) is 4.98 Å². The molecule has 94 valence electrons. The molecule has 1 unspecified atom stereocenters. The second kappa shape index (κ2) is 5.10. The first kappa shape index (κ1) is 11.7. The Morgan fingerprint density at radius 3 is 3.11 bits per heavy atom. The number of hydrogen-bond donors (Lipinski definition) is 1. The molecule has 1 saturated heterocycles. The van der Waals surface area contributed by atoms with Crippen LogP contribution in [0.5, 0.6) is 0 Å². The Kier molecular flexibility index (Phi) is 3.32. The first-order valence-electron chi connectivity index (χ1n) is 6.18. The maximum absolute atomic E-state index is 4.38. The molecule has 0 amide bonds. The van der Waals surface area contributed by atoms with Gasteiger partial charge in [0.2, 0.25) is 0 Å². The van der Waals surface area contributed by atoms with E-state index in [1.54, 1.807) is 0 Å². The van der Waals surface area contributed by atoms with Gasteiger partial charge in [0.1, 0.15) is 5.82 Å². The molecule has 0 aromatic carbocycles. The second-order valence-corrected chi connectivity index (χ2v) is 5.54. The van der Waals surface area contributed by atoms with Crippen molar-refractivity contribution < 1.29 is 0 Å². The highest BCUT2D eigenvalue weighted by atomic mass is 79.9. The molecular formula is C13H15BrN4. The average molecular weight is 307 g/mol. The predicted molar refractivity (Wildman–Crippen MR) is 74.7 cm³/mol. The Labute approximate surface area is 115 Å². The van der Waals surface area contributed by atoms with Crippen molar-refractivity contribution in [3.8, 4) is 0 Å². The first-order valence-corrected chi connectivity index (χ1v) is 6.97. The van der Waals surface area contributed by atoms with E-state index in [0.29, 0.717) is 5.92 Å². The van der Waals surface area contributed by atoms with E-state index in [1.807, 2.05) is 24.8 Å². The number of halogens is 1. The van der Waals surface area contributed by atoms with E-state index in [1.165, 1.54) is 18.5 Å². The van der Waals surface area contributed by atoms with Crippen LogP contribution in [-0.2, 0) is 0 Å². The Morgan fingerprint density at radius 2 is 2.33 bits per heavy atom. The van der Waals surface area contributed by atoms with E-state index < -0.39 is 0 Å². The minimum absolute atomic E-state index is 0.493. The minimum atomic E-state index is 0.493. The molecule has 0 radical (unpaired) electrons. The van der Waals surface area contributed by atoms with Crippen LogP contribution < -0.4 is 4.90 Å². The van der Waals surface area contributed by atoms with E-state index in [2.05, 4.69) is 41.8 Å². The van der Waals surface area contributed by atoms with Gasteiger partial charge in [-0.1, -0.05) is 0 Å². The van der Waals surface area contributed by atoms with Crippen LogP contribution in [0.25, 0.3) is 0 Å². The molecule has 1 aliphatic rings. The van der Waals surface area contributed by atoms with E-state index >= 15 is 0 Å². The summed E-state index contributed by atoms with van der Waals surface area (Å²) < 4.78 is 1.03. The lowest BCUT2D eigenvalue weighted by Gasteiger charge is -2.33. The lowest BCUT2D eigenvalue weighted by Crippen LogP contribution is -2.34. The number of rotatable bonds is 2. The van der Waals surface area contributed by atoms with Crippen LogP contribution in [0.3, 0.4) is 0 Å². The topological polar surface area (TPSA) is 44.8 Å². The fraction of sp³-hybridized carbons (Fsp3) is 0.385. The summed E-state index contributed by atoms with van der Waals surface area (Å²) in [7, 11) is 0. The van der Waals surface area contributed by atoms with Crippen molar-refractivity contribution in [1.29, 1.82) is 0 Å². The van der Waals surface area contributed by atoms with Crippen molar-refractivity contribution in [1.82, 2.24) is 15.0 Å². The van der Waals surface area contributed by atoms with E-state index in [9.17, 15) is 0 Å². The van der Waals surface area contributed by atoms with E-state index in [-0.39, 0.29) is 0 Å². The summed E-state index contributed by atoms with van der Waals surface area (Å²) in [6, 6.07) is 2.12. The summed E-state index contributed by atoms with van der Waals surface area (Å²) in [5.41, 5.74) is 1.18. The van der Waals surface area contributed by atoms with Gasteiger partial charge < -0.3 is 9.88 Å². The van der Waals surface area contributed by atoms with Gasteiger partial charge >= 0.3 is 0 Å². The van der Waals surface area contributed by atoms with Gasteiger partial charge in [0.05, 0.1) is 11.9 Å². The summed E-state index contributed by atoms with van der Waals surface area (Å²) in [4.78, 5) is 14.2. The Bertz CT molecular complexity index is 511. The zero-order valence-corrected chi connectivity index (χ0v) is 11.6. The fourth-order valence-corrected chi connectivity index (χ4v) is 2.86. The molecule has 1 aliphatic heterocycles. The van der Waals surface area contributed by atoms with Gasteiger partial charge in [-0.05, 0) is 34.8 Å². The molecule has 2 aromatic heterocycles. The second-order valence-electron chi connectivity index (χ2n) is 4.62.